The summed E-state index contributed by atoms with van der Waals surface area (Å²) in [5.41, 5.74) is 0. The molecule has 228 valence electrons. The molecule has 0 heterocycles. The molecule has 0 bridgehead atoms. The summed E-state index contributed by atoms with van der Waals surface area (Å²) in [5, 5.41) is 0. The molecule has 0 amide bonds. The van der Waals surface area contributed by atoms with Crippen molar-refractivity contribution in [2.24, 2.45) is 0 Å². The van der Waals surface area contributed by atoms with E-state index in [0.29, 0.717) is 0 Å². The Labute approximate surface area is 265 Å². The fraction of sp³-hybridized carbons (Fsp3) is 1.00. The number of phosphoric ester groups is 6. The van der Waals surface area contributed by atoms with Crippen molar-refractivity contribution in [3.63, 3.8) is 0 Å². The van der Waals surface area contributed by atoms with E-state index in [4.69, 9.17) is 0 Å². The Bertz CT molecular complexity index is 837. The predicted octanol–water partition coefficient (Wildman–Crippen LogP) is -10.7. The van der Waals surface area contributed by atoms with E-state index in [1.54, 1.807) is 0 Å². The molecule has 0 unspecified atom stereocenters. The first-order chi connectivity index (χ1) is 15.6. The number of phosphoric acid groups is 6. The Hall–Kier alpha value is 2.79. The second-order valence-corrected chi connectivity index (χ2v) is 12.7. The summed E-state index contributed by atoms with van der Waals surface area (Å²) < 4.78 is 88.3. The third-order valence-corrected chi connectivity index (χ3v) is 6.46. The summed E-state index contributed by atoms with van der Waals surface area (Å²) in [7, 11) is -40.1. The first-order valence-corrected chi connectivity index (χ1v) is 16.6. The quantitative estimate of drug-likeness (QED) is 0.164. The number of hydrogen-bond acceptors (Lipinski definition) is 24. The van der Waals surface area contributed by atoms with Crippen LogP contribution in [0.25, 0.3) is 0 Å². The van der Waals surface area contributed by atoms with Crippen LogP contribution in [0.5, 0.6) is 0 Å². The van der Waals surface area contributed by atoms with Gasteiger partial charge in [-0.15, -0.1) is 0 Å². The molecule has 0 N–H and O–H groups in total. The molecule has 0 saturated heterocycles. The minimum Gasteiger partial charge on any atom is -0.790 e. The van der Waals surface area contributed by atoms with Crippen molar-refractivity contribution >= 4 is 46.9 Å². The van der Waals surface area contributed by atoms with Gasteiger partial charge in [0.2, 0.25) is 0 Å². The van der Waals surface area contributed by atoms with Crippen LogP contribution in [-0.4, -0.2) is 36.6 Å². The van der Waals surface area contributed by atoms with Gasteiger partial charge in [0.05, 0.1) is 46.9 Å². The molecule has 0 aromatic rings. The molecule has 0 aromatic heterocycles. The molecule has 0 aliphatic heterocycles. The molecule has 34 heteroatoms. The third kappa shape index (κ3) is 20.0. The van der Waals surface area contributed by atoms with Crippen LogP contribution in [0.4, 0.5) is 0 Å². The molecule has 24 nitrogen and oxygen atoms in total. The molecule has 1 rings (SSSR count). The van der Waals surface area contributed by atoms with Gasteiger partial charge in [-0.2, -0.15) is 0 Å². The molecule has 40 heavy (non-hydrogen) atoms. The van der Waals surface area contributed by atoms with Gasteiger partial charge in [0, 0.05) is 0 Å². The smallest absolute Gasteiger partial charge is 0.790 e. The second kappa shape index (κ2) is 17.6. The molecule has 0 atom stereocenters. The van der Waals surface area contributed by atoms with E-state index in [2.05, 4.69) is 27.1 Å². The van der Waals surface area contributed by atoms with Crippen molar-refractivity contribution in [3.8, 4) is 0 Å². The maximum atomic E-state index is 11.1. The summed E-state index contributed by atoms with van der Waals surface area (Å²) in [6.45, 7) is 0. The first-order valence-electron chi connectivity index (χ1n) is 7.80. The second-order valence-electron chi connectivity index (χ2n) is 6.10. The molecule has 0 aromatic carbocycles. The molecule has 1 saturated carbocycles. The van der Waals surface area contributed by atoms with E-state index in [1.807, 2.05) is 0 Å². The maximum Gasteiger partial charge on any atom is 3.00 e. The minimum absolute atomic E-state index is 0. The van der Waals surface area contributed by atoms with Crippen LogP contribution in [0.2, 0.25) is 0 Å². The van der Waals surface area contributed by atoms with Crippen LogP contribution >= 0.6 is 46.9 Å². The van der Waals surface area contributed by atoms with Gasteiger partial charge >= 0.3 is 69.4 Å². The van der Waals surface area contributed by atoms with Crippen molar-refractivity contribution in [1.82, 2.24) is 0 Å². The van der Waals surface area contributed by atoms with Crippen molar-refractivity contribution in [2.75, 3.05) is 0 Å². The number of rotatable bonds is 12. The molecule has 1 fully saturated rings. The average molecular weight is 856 g/mol. The molecule has 4 radical (unpaired) electrons. The van der Waals surface area contributed by atoms with Gasteiger partial charge in [-0.05, 0) is 0 Å². The Morgan fingerprint density at radius 1 is 0.275 bits per heavy atom. The van der Waals surface area contributed by atoms with E-state index in [-0.39, 0.29) is 69.4 Å². The summed E-state index contributed by atoms with van der Waals surface area (Å²) in [6.07, 6.45) is -21.5. The zero-order valence-electron chi connectivity index (χ0n) is 17.6. The normalized spacial score (nSPS) is 26.4. The monoisotopic (exact) mass is 856 g/mol. The van der Waals surface area contributed by atoms with Crippen molar-refractivity contribution in [1.29, 1.82) is 0 Å². The Morgan fingerprint density at radius 2 is 0.350 bits per heavy atom. The van der Waals surface area contributed by atoms with Crippen LogP contribution < -0.4 is 58.7 Å². The topological polar surface area (TPSA) is 435 Å². The van der Waals surface area contributed by atoms with Crippen molar-refractivity contribution in [3.05, 3.63) is 0 Å². The van der Waals surface area contributed by atoms with Gasteiger partial charge in [0.1, 0.15) is 36.6 Å². The van der Waals surface area contributed by atoms with Gasteiger partial charge < -0.3 is 113 Å². The minimum atomic E-state index is -6.68. The van der Waals surface area contributed by atoms with Crippen LogP contribution in [0.3, 0.4) is 0 Å². The fourth-order valence-corrected chi connectivity index (χ4v) is 5.96. The van der Waals surface area contributed by atoms with Gasteiger partial charge in [-0.3, -0.25) is 0 Å². The van der Waals surface area contributed by atoms with Crippen LogP contribution in [-0.2, 0) is 124 Å². The molecular weight excluding hydrogens is 850 g/mol. The van der Waals surface area contributed by atoms with Gasteiger partial charge in [0.25, 0.3) is 0 Å². The Kier molecular flexibility index (Phi) is 21.9. The first kappa shape index (κ1) is 49.7. The molecule has 0 spiro atoms. The van der Waals surface area contributed by atoms with Crippen molar-refractivity contribution in [2.45, 2.75) is 36.6 Å². The van der Waals surface area contributed by atoms with E-state index in [1.165, 1.54) is 0 Å². The van der Waals surface area contributed by atoms with Crippen molar-refractivity contribution < 1.29 is 183 Å². The van der Waals surface area contributed by atoms with Gasteiger partial charge in [0.15, 0.2) is 0 Å². The summed E-state index contributed by atoms with van der Waals surface area (Å²) in [5.74, 6) is 0. The molecule has 1 aliphatic rings. The van der Waals surface area contributed by atoms with Crippen LogP contribution in [0.1, 0.15) is 0 Å². The maximum absolute atomic E-state index is 11.1. The van der Waals surface area contributed by atoms with Crippen LogP contribution in [0, 0.1) is 0 Å². The Morgan fingerprint density at radius 3 is 0.400 bits per heavy atom. The zero-order valence-corrected chi connectivity index (χ0v) is 28.0. The fourth-order valence-electron chi connectivity index (χ4n) is 2.74. The predicted molar refractivity (Wildman–Crippen MR) is 74.9 cm³/mol. The zero-order chi connectivity index (χ0) is 28.7. The molecule has 1 aliphatic carbocycles. The third-order valence-electron chi connectivity index (χ3n) is 3.45. The van der Waals surface area contributed by atoms with E-state index < -0.39 is 83.6 Å². The average Bonchev–Trinajstić information content (AvgIpc) is 2.51. The van der Waals surface area contributed by atoms with E-state index in [0.717, 1.165) is 0 Å². The summed E-state index contributed by atoms with van der Waals surface area (Å²) in [4.78, 5) is 133. The SMILES string of the molecule is O=P([O-])([O-])OC1C(OP(=O)([O-])[O-])C(OP(=O)([O-])[O-])C(OP(=O)([O-])[O-])C(OP(=O)([O-])[O-])C1OP(=O)([O-])[O-].[Cr+3].[Cr+3].[Cr+3].[Cr+3]. The Balaban J connectivity index is -0.00000162. The molecular formula is C6H6Cr4O24P6. The summed E-state index contributed by atoms with van der Waals surface area (Å²) >= 11 is 0. The van der Waals surface area contributed by atoms with Gasteiger partial charge in [-0.1, -0.05) is 0 Å². The van der Waals surface area contributed by atoms with Gasteiger partial charge in [-0.25, -0.2) is 0 Å². The number of hydrogen-bond donors (Lipinski definition) is 0. The van der Waals surface area contributed by atoms with E-state index >= 15 is 0 Å². The van der Waals surface area contributed by atoms with E-state index in [9.17, 15) is 86.1 Å². The summed E-state index contributed by atoms with van der Waals surface area (Å²) in [6, 6.07) is 0. The standard InChI is InChI=1S/C6H18O24P6.4Cr/c7-31(8,9)25-1-2(26-32(10,11)12)4(28-34(16,17)18)6(30-36(22,23)24)5(29-35(19,20)21)3(1)27-33(13,14)15;;;;/h1-6H,(H2,7,8,9)(H2,10,11,12)(H2,13,14,15)(H2,16,17,18)(H2,19,20,21)(H2,22,23,24);;;;/q;4*+3/p-12. The largest absolute Gasteiger partial charge is 3.00 e. The van der Waals surface area contributed by atoms with Crippen LogP contribution in [0.15, 0.2) is 0 Å².